The third-order valence-corrected chi connectivity index (χ3v) is 3.22. The van der Waals surface area contributed by atoms with Gasteiger partial charge in [0.1, 0.15) is 0 Å². The molecule has 62 valence electrons. The SMILES string of the molecule is NNC(=O)[C@@H]1C[C@@H]2CC[C@@H]1C2. The molecule has 2 fully saturated rings. The Hall–Kier alpha value is -0.570. The van der Waals surface area contributed by atoms with Crippen molar-refractivity contribution in [3.8, 4) is 0 Å². The van der Waals surface area contributed by atoms with Gasteiger partial charge in [-0.1, -0.05) is 6.42 Å². The van der Waals surface area contributed by atoms with Crippen molar-refractivity contribution in [3.05, 3.63) is 0 Å². The summed E-state index contributed by atoms with van der Waals surface area (Å²) in [5.74, 6) is 6.84. The summed E-state index contributed by atoms with van der Waals surface area (Å²) in [6, 6.07) is 0. The molecule has 0 aromatic carbocycles. The maximum Gasteiger partial charge on any atom is 0.237 e. The first kappa shape index (κ1) is 7.10. The lowest BCUT2D eigenvalue weighted by Crippen LogP contribution is -2.37. The van der Waals surface area contributed by atoms with Crippen molar-refractivity contribution in [2.24, 2.45) is 23.6 Å². The molecule has 0 radical (unpaired) electrons. The van der Waals surface area contributed by atoms with Crippen LogP contribution in [-0.2, 0) is 4.79 Å². The van der Waals surface area contributed by atoms with Gasteiger partial charge >= 0.3 is 0 Å². The molecule has 2 rings (SSSR count). The molecule has 3 nitrogen and oxygen atoms in total. The second-order valence-corrected chi connectivity index (χ2v) is 3.79. The Morgan fingerprint density at radius 3 is 2.64 bits per heavy atom. The average Bonchev–Trinajstić information content (AvgIpc) is 2.62. The zero-order valence-corrected chi connectivity index (χ0v) is 6.55. The Kier molecular flexibility index (Phi) is 1.60. The fraction of sp³-hybridized carbons (Fsp3) is 0.875. The minimum absolute atomic E-state index is 0.0530. The van der Waals surface area contributed by atoms with Crippen LogP contribution in [0.1, 0.15) is 25.7 Å². The third kappa shape index (κ3) is 1.03. The first-order valence-electron chi connectivity index (χ1n) is 4.31. The molecule has 3 N–H and O–H groups in total. The number of rotatable bonds is 1. The monoisotopic (exact) mass is 154 g/mol. The number of hydrogen-bond donors (Lipinski definition) is 2. The van der Waals surface area contributed by atoms with E-state index >= 15 is 0 Å². The van der Waals surface area contributed by atoms with Crippen molar-refractivity contribution >= 4 is 5.91 Å². The Labute approximate surface area is 66.3 Å². The first-order chi connectivity index (χ1) is 5.31. The van der Waals surface area contributed by atoms with Gasteiger partial charge in [0.05, 0.1) is 0 Å². The smallest absolute Gasteiger partial charge is 0.237 e. The zero-order chi connectivity index (χ0) is 7.84. The van der Waals surface area contributed by atoms with Crippen LogP contribution in [0.25, 0.3) is 0 Å². The fourth-order valence-corrected chi connectivity index (χ4v) is 2.67. The van der Waals surface area contributed by atoms with Gasteiger partial charge in [0.15, 0.2) is 0 Å². The van der Waals surface area contributed by atoms with Gasteiger partial charge in [-0.15, -0.1) is 0 Å². The van der Waals surface area contributed by atoms with Crippen LogP contribution >= 0.6 is 0 Å². The van der Waals surface area contributed by atoms with Crippen LogP contribution in [-0.4, -0.2) is 5.91 Å². The van der Waals surface area contributed by atoms with Gasteiger partial charge in [0.25, 0.3) is 0 Å². The van der Waals surface area contributed by atoms with E-state index in [1.54, 1.807) is 0 Å². The minimum atomic E-state index is 0.0530. The van der Waals surface area contributed by atoms with Crippen LogP contribution in [0.3, 0.4) is 0 Å². The average molecular weight is 154 g/mol. The molecule has 11 heavy (non-hydrogen) atoms. The molecule has 2 aliphatic rings. The van der Waals surface area contributed by atoms with E-state index in [2.05, 4.69) is 5.43 Å². The second kappa shape index (κ2) is 2.48. The molecule has 3 atom stereocenters. The molecule has 2 bridgehead atoms. The van der Waals surface area contributed by atoms with Gasteiger partial charge in [0.2, 0.25) is 5.91 Å². The van der Waals surface area contributed by atoms with E-state index in [-0.39, 0.29) is 11.8 Å². The lowest BCUT2D eigenvalue weighted by Gasteiger charge is -2.19. The van der Waals surface area contributed by atoms with Crippen LogP contribution < -0.4 is 11.3 Å². The molecule has 2 aliphatic carbocycles. The van der Waals surface area contributed by atoms with Gasteiger partial charge < -0.3 is 0 Å². The number of fused-ring (bicyclic) bond motifs is 2. The summed E-state index contributed by atoms with van der Waals surface area (Å²) in [5, 5.41) is 0. The minimum Gasteiger partial charge on any atom is -0.294 e. The van der Waals surface area contributed by atoms with E-state index in [0.29, 0.717) is 5.92 Å². The normalized spacial score (nSPS) is 41.0. The zero-order valence-electron chi connectivity index (χ0n) is 6.55. The second-order valence-electron chi connectivity index (χ2n) is 3.79. The lowest BCUT2D eigenvalue weighted by molar-refractivity contribution is -0.126. The number of carbonyl (C=O) groups excluding carboxylic acids is 1. The maximum absolute atomic E-state index is 11.2. The highest BCUT2D eigenvalue weighted by Gasteiger charge is 2.42. The van der Waals surface area contributed by atoms with Crippen LogP contribution in [0.5, 0.6) is 0 Å². The largest absolute Gasteiger partial charge is 0.294 e. The van der Waals surface area contributed by atoms with Crippen molar-refractivity contribution in [1.29, 1.82) is 0 Å². The van der Waals surface area contributed by atoms with E-state index in [9.17, 15) is 4.79 Å². The lowest BCUT2D eigenvalue weighted by atomic mass is 9.88. The molecular formula is C8H14N2O. The highest BCUT2D eigenvalue weighted by Crippen LogP contribution is 2.48. The number of nitrogens with one attached hydrogen (secondary N) is 1. The molecule has 0 aliphatic heterocycles. The number of nitrogens with two attached hydrogens (primary N) is 1. The molecule has 0 aromatic heterocycles. The number of hydrazine groups is 1. The summed E-state index contributed by atoms with van der Waals surface area (Å²) in [6.45, 7) is 0. The molecule has 3 heteroatoms. The molecule has 0 aromatic rings. The number of carbonyl (C=O) groups is 1. The maximum atomic E-state index is 11.2. The van der Waals surface area contributed by atoms with Gasteiger partial charge in [-0.05, 0) is 31.1 Å². The summed E-state index contributed by atoms with van der Waals surface area (Å²) in [6.07, 6.45) is 4.91. The van der Waals surface area contributed by atoms with Crippen LogP contribution in [0, 0.1) is 17.8 Å². The van der Waals surface area contributed by atoms with Gasteiger partial charge in [-0.25, -0.2) is 5.84 Å². The van der Waals surface area contributed by atoms with Gasteiger partial charge in [0, 0.05) is 5.92 Å². The quantitative estimate of drug-likeness (QED) is 0.326. The van der Waals surface area contributed by atoms with Crippen LogP contribution in [0.4, 0.5) is 0 Å². The van der Waals surface area contributed by atoms with Crippen molar-refractivity contribution < 1.29 is 4.79 Å². The van der Waals surface area contributed by atoms with Crippen LogP contribution in [0.15, 0.2) is 0 Å². The van der Waals surface area contributed by atoms with Crippen molar-refractivity contribution in [2.45, 2.75) is 25.7 Å². The van der Waals surface area contributed by atoms with E-state index in [1.165, 1.54) is 19.3 Å². The Bertz CT molecular complexity index is 181. The van der Waals surface area contributed by atoms with Crippen molar-refractivity contribution in [2.75, 3.05) is 0 Å². The summed E-state index contributed by atoms with van der Waals surface area (Å²) < 4.78 is 0. The predicted octanol–water partition coefficient (Wildman–Crippen LogP) is 0.412. The van der Waals surface area contributed by atoms with Crippen molar-refractivity contribution in [3.63, 3.8) is 0 Å². The Morgan fingerprint density at radius 1 is 1.36 bits per heavy atom. The Morgan fingerprint density at radius 2 is 2.18 bits per heavy atom. The number of hydrogen-bond acceptors (Lipinski definition) is 2. The summed E-state index contributed by atoms with van der Waals surface area (Å²) >= 11 is 0. The van der Waals surface area contributed by atoms with Crippen LogP contribution in [0.2, 0.25) is 0 Å². The van der Waals surface area contributed by atoms with E-state index in [1.807, 2.05) is 0 Å². The van der Waals surface area contributed by atoms with E-state index in [0.717, 1.165) is 12.3 Å². The van der Waals surface area contributed by atoms with E-state index < -0.39 is 0 Å². The standard InChI is InChI=1S/C8H14N2O/c9-10-8(11)7-4-5-1-2-6(7)3-5/h5-7H,1-4,9H2,(H,10,11)/t5-,6-,7-/m1/s1. The highest BCUT2D eigenvalue weighted by atomic mass is 16.2. The molecule has 1 amide bonds. The fourth-order valence-electron chi connectivity index (χ4n) is 2.67. The third-order valence-electron chi connectivity index (χ3n) is 3.22. The summed E-state index contributed by atoms with van der Waals surface area (Å²) in [4.78, 5) is 11.2. The van der Waals surface area contributed by atoms with Crippen molar-refractivity contribution in [1.82, 2.24) is 5.43 Å². The molecular weight excluding hydrogens is 140 g/mol. The molecule has 0 unspecified atom stereocenters. The molecule has 0 heterocycles. The number of amides is 1. The Balaban J connectivity index is 2.02. The topological polar surface area (TPSA) is 55.1 Å². The summed E-state index contributed by atoms with van der Waals surface area (Å²) in [5.41, 5.74) is 2.25. The summed E-state index contributed by atoms with van der Waals surface area (Å²) in [7, 11) is 0. The first-order valence-corrected chi connectivity index (χ1v) is 4.31. The van der Waals surface area contributed by atoms with Gasteiger partial charge in [-0.3, -0.25) is 10.2 Å². The predicted molar refractivity (Wildman–Crippen MR) is 41.3 cm³/mol. The highest BCUT2D eigenvalue weighted by molar-refractivity contribution is 5.78. The van der Waals surface area contributed by atoms with E-state index in [4.69, 9.17) is 5.84 Å². The molecule has 0 saturated heterocycles. The molecule has 2 saturated carbocycles. The molecule has 0 spiro atoms. The van der Waals surface area contributed by atoms with Gasteiger partial charge in [-0.2, -0.15) is 0 Å².